The van der Waals surface area contributed by atoms with Crippen LogP contribution in [-0.2, 0) is 17.8 Å². The zero-order valence-corrected chi connectivity index (χ0v) is 23.3. The van der Waals surface area contributed by atoms with Crippen LogP contribution in [0, 0.1) is 0 Å². The predicted molar refractivity (Wildman–Crippen MR) is 151 cm³/mol. The van der Waals surface area contributed by atoms with Crippen LogP contribution in [0.1, 0.15) is 44.6 Å². The maximum absolute atomic E-state index is 14.4. The monoisotopic (exact) mass is 555 g/mol. The Hall–Kier alpha value is -4.24. The molecule has 41 heavy (non-hydrogen) atoms. The van der Waals surface area contributed by atoms with Gasteiger partial charge in [-0.25, -0.2) is 0 Å². The largest absolute Gasteiger partial charge is 0.493 e. The fourth-order valence-electron chi connectivity index (χ4n) is 6.74. The predicted octanol–water partition coefficient (Wildman–Crippen LogP) is 3.61. The summed E-state index contributed by atoms with van der Waals surface area (Å²) in [4.78, 5) is 34.3. The number of carbonyl (C=O) groups excluding carboxylic acids is 2. The summed E-state index contributed by atoms with van der Waals surface area (Å²) in [5.74, 6) is 2.36. The zero-order chi connectivity index (χ0) is 28.1. The maximum atomic E-state index is 14.4. The number of ether oxygens (including phenoxy) is 4. The highest BCUT2D eigenvalue weighted by Gasteiger charge is 2.48. The third kappa shape index (κ3) is 4.35. The number of benzene rings is 3. The van der Waals surface area contributed by atoms with E-state index >= 15 is 0 Å². The van der Waals surface area contributed by atoms with Gasteiger partial charge in [0.05, 0.1) is 26.2 Å². The number of fused-ring (bicyclic) bond motifs is 5. The van der Waals surface area contributed by atoms with E-state index in [1.165, 1.54) is 0 Å². The van der Waals surface area contributed by atoms with Crippen molar-refractivity contribution in [2.75, 3.05) is 53.7 Å². The molecule has 3 aromatic carbocycles. The number of hydrogen-bond acceptors (Lipinski definition) is 7. The molecule has 4 aliphatic rings. The summed E-state index contributed by atoms with van der Waals surface area (Å²) in [6.07, 6.45) is 0.694. The van der Waals surface area contributed by atoms with Gasteiger partial charge in [0.1, 0.15) is 0 Å². The average Bonchev–Trinajstić information content (AvgIpc) is 3.48. The SMILES string of the molecule is COc1cc2c(cc1OC)[C@H]1[C@H](C(=O)N3CCN(Cc4ccc5c(c4)OCO5)CC3)c3ccccc3C(=O)N1CC2. The lowest BCUT2D eigenvalue weighted by Crippen LogP contribution is -2.54. The Kier molecular flexibility index (Phi) is 6.46. The number of nitrogens with zero attached hydrogens (tertiary/aromatic N) is 3. The summed E-state index contributed by atoms with van der Waals surface area (Å²) in [6, 6.07) is 17.2. The first-order valence-electron chi connectivity index (χ1n) is 14.1. The summed E-state index contributed by atoms with van der Waals surface area (Å²) >= 11 is 0. The second kappa shape index (κ2) is 10.3. The van der Waals surface area contributed by atoms with E-state index in [2.05, 4.69) is 11.0 Å². The molecule has 0 unspecified atom stereocenters. The van der Waals surface area contributed by atoms with Gasteiger partial charge in [-0.3, -0.25) is 14.5 Å². The van der Waals surface area contributed by atoms with Crippen LogP contribution in [-0.4, -0.2) is 80.3 Å². The van der Waals surface area contributed by atoms with Crippen molar-refractivity contribution in [3.63, 3.8) is 0 Å². The molecule has 2 amide bonds. The highest BCUT2D eigenvalue weighted by molar-refractivity contribution is 6.01. The number of hydrogen-bond donors (Lipinski definition) is 0. The van der Waals surface area contributed by atoms with Crippen molar-refractivity contribution in [3.8, 4) is 23.0 Å². The van der Waals surface area contributed by atoms with Crippen molar-refractivity contribution >= 4 is 11.8 Å². The molecule has 2 atom stereocenters. The van der Waals surface area contributed by atoms with Crippen molar-refractivity contribution in [3.05, 3.63) is 82.4 Å². The molecule has 9 heteroatoms. The summed E-state index contributed by atoms with van der Waals surface area (Å²) in [6.45, 7) is 4.38. The molecular weight excluding hydrogens is 522 g/mol. The normalized spacial score (nSPS) is 21.2. The second-order valence-corrected chi connectivity index (χ2v) is 11.0. The number of methoxy groups -OCH3 is 2. The van der Waals surface area contributed by atoms with Crippen LogP contribution in [0.5, 0.6) is 23.0 Å². The van der Waals surface area contributed by atoms with E-state index in [0.29, 0.717) is 43.1 Å². The van der Waals surface area contributed by atoms with Gasteiger partial charge in [-0.2, -0.15) is 0 Å². The molecule has 0 aromatic heterocycles. The Morgan fingerprint density at radius 1 is 0.878 bits per heavy atom. The molecular formula is C32H33N3O6. The fraction of sp³-hybridized carbons (Fsp3) is 0.375. The van der Waals surface area contributed by atoms with E-state index in [-0.39, 0.29) is 18.6 Å². The molecule has 1 fully saturated rings. The highest BCUT2D eigenvalue weighted by atomic mass is 16.7. The van der Waals surface area contributed by atoms with Crippen LogP contribution in [0.4, 0.5) is 0 Å². The molecule has 0 bridgehead atoms. The summed E-state index contributed by atoms with van der Waals surface area (Å²) in [5, 5.41) is 0. The van der Waals surface area contributed by atoms with Crippen molar-refractivity contribution in [2.45, 2.75) is 24.9 Å². The molecule has 0 aliphatic carbocycles. The average molecular weight is 556 g/mol. The van der Waals surface area contributed by atoms with Gasteiger partial charge < -0.3 is 28.7 Å². The van der Waals surface area contributed by atoms with Gasteiger partial charge in [-0.15, -0.1) is 0 Å². The van der Waals surface area contributed by atoms with Crippen LogP contribution in [0.25, 0.3) is 0 Å². The Morgan fingerprint density at radius 3 is 2.44 bits per heavy atom. The summed E-state index contributed by atoms with van der Waals surface area (Å²) < 4.78 is 22.2. The van der Waals surface area contributed by atoms with E-state index in [0.717, 1.165) is 53.4 Å². The van der Waals surface area contributed by atoms with Gasteiger partial charge in [-0.1, -0.05) is 24.3 Å². The molecule has 7 rings (SSSR count). The Labute approximate surface area is 239 Å². The Morgan fingerprint density at radius 2 is 1.63 bits per heavy atom. The molecule has 9 nitrogen and oxygen atoms in total. The van der Waals surface area contributed by atoms with Crippen molar-refractivity contribution in [1.82, 2.24) is 14.7 Å². The van der Waals surface area contributed by atoms with Gasteiger partial charge >= 0.3 is 0 Å². The van der Waals surface area contributed by atoms with Crippen LogP contribution in [0.15, 0.2) is 54.6 Å². The molecule has 0 radical (unpaired) electrons. The first-order chi connectivity index (χ1) is 20.1. The van der Waals surface area contributed by atoms with Crippen LogP contribution < -0.4 is 18.9 Å². The van der Waals surface area contributed by atoms with Crippen LogP contribution >= 0.6 is 0 Å². The summed E-state index contributed by atoms with van der Waals surface area (Å²) in [5.41, 5.74) is 4.62. The standard InChI is InChI=1S/C32H33N3O6/c1-38-26-16-21-9-10-35-30(24(21)17-27(26)39-2)29(22-5-3-4-6-23(22)31(35)36)32(37)34-13-11-33(12-14-34)18-20-7-8-25-28(15-20)41-19-40-25/h3-8,15-17,29-30H,9-14,18-19H2,1-2H3/t29-,30+/m1/s1. The number of amides is 2. The number of carbonyl (C=O) groups is 2. The van der Waals surface area contributed by atoms with Gasteiger partial charge in [0, 0.05) is 44.8 Å². The first kappa shape index (κ1) is 25.7. The topological polar surface area (TPSA) is 80.8 Å². The maximum Gasteiger partial charge on any atom is 0.254 e. The third-order valence-corrected chi connectivity index (χ3v) is 8.82. The van der Waals surface area contributed by atoms with Gasteiger partial charge in [-0.05, 0) is 59.0 Å². The van der Waals surface area contributed by atoms with E-state index < -0.39 is 12.0 Å². The van der Waals surface area contributed by atoms with Gasteiger partial charge in [0.15, 0.2) is 23.0 Å². The molecule has 4 heterocycles. The minimum absolute atomic E-state index is 0.0244. The number of rotatable bonds is 5. The number of piperazine rings is 1. The van der Waals surface area contributed by atoms with Crippen molar-refractivity contribution < 1.29 is 28.5 Å². The van der Waals surface area contributed by atoms with E-state index in [1.807, 2.05) is 58.3 Å². The molecule has 4 aliphatic heterocycles. The third-order valence-electron chi connectivity index (χ3n) is 8.82. The van der Waals surface area contributed by atoms with Crippen molar-refractivity contribution in [1.29, 1.82) is 0 Å². The minimum Gasteiger partial charge on any atom is -0.493 e. The minimum atomic E-state index is -0.499. The lowest BCUT2D eigenvalue weighted by molar-refractivity contribution is -0.136. The van der Waals surface area contributed by atoms with Gasteiger partial charge in [0.25, 0.3) is 5.91 Å². The molecule has 3 aromatic rings. The lowest BCUT2D eigenvalue weighted by Gasteiger charge is -2.47. The van der Waals surface area contributed by atoms with Crippen LogP contribution in [0.3, 0.4) is 0 Å². The second-order valence-electron chi connectivity index (χ2n) is 11.0. The molecule has 0 saturated carbocycles. The van der Waals surface area contributed by atoms with E-state index in [9.17, 15) is 9.59 Å². The first-order valence-corrected chi connectivity index (χ1v) is 14.1. The highest BCUT2D eigenvalue weighted by Crippen LogP contribution is 2.49. The Bertz CT molecular complexity index is 1520. The molecule has 0 N–H and O–H groups in total. The molecule has 212 valence electrons. The summed E-state index contributed by atoms with van der Waals surface area (Å²) in [7, 11) is 3.23. The smallest absolute Gasteiger partial charge is 0.254 e. The molecule has 0 spiro atoms. The van der Waals surface area contributed by atoms with E-state index in [1.54, 1.807) is 14.2 Å². The lowest BCUT2D eigenvalue weighted by atomic mass is 9.75. The molecule has 1 saturated heterocycles. The van der Waals surface area contributed by atoms with Crippen LogP contribution in [0.2, 0.25) is 0 Å². The quantitative estimate of drug-likeness (QED) is 0.476. The van der Waals surface area contributed by atoms with Crippen molar-refractivity contribution in [2.24, 2.45) is 0 Å². The van der Waals surface area contributed by atoms with E-state index in [4.69, 9.17) is 18.9 Å². The fourth-order valence-corrected chi connectivity index (χ4v) is 6.74. The van der Waals surface area contributed by atoms with Gasteiger partial charge in [0.2, 0.25) is 12.7 Å². The Balaban J connectivity index is 1.17. The zero-order valence-electron chi connectivity index (χ0n) is 23.3.